The Hall–Kier alpha value is -0.240. The maximum Gasteiger partial charge on any atom is 0.224 e. The lowest BCUT2D eigenvalue weighted by molar-refractivity contribution is -0.496. The molecule has 5 atom stereocenters. The molecule has 3 aliphatic rings. The molecule has 0 aromatic rings. The van der Waals surface area contributed by atoms with Crippen molar-refractivity contribution in [2.24, 2.45) is 0 Å². The monoisotopic (exact) mass is 178 g/mol. The van der Waals surface area contributed by atoms with Crippen molar-refractivity contribution < 1.29 is 29.9 Å². The van der Waals surface area contributed by atoms with Crippen LogP contribution in [-0.2, 0) is 9.47 Å². The van der Waals surface area contributed by atoms with E-state index in [2.05, 4.69) is 0 Å². The number of ether oxygens (including phenoxy) is 2. The summed E-state index contributed by atoms with van der Waals surface area (Å²) in [5, 5.41) is 36.2. The molecule has 0 aliphatic carbocycles. The van der Waals surface area contributed by atoms with Crippen LogP contribution in [0.4, 0.5) is 0 Å². The van der Waals surface area contributed by atoms with Gasteiger partial charge in [-0.05, 0) is 0 Å². The Morgan fingerprint density at radius 1 is 1.17 bits per heavy atom. The molecule has 6 heteroatoms. The third-order valence-electron chi connectivity index (χ3n) is 2.27. The summed E-state index contributed by atoms with van der Waals surface area (Å²) in [5.41, 5.74) is 0. The molecule has 3 rings (SSSR count). The fourth-order valence-electron chi connectivity index (χ4n) is 1.50. The lowest BCUT2D eigenvalue weighted by Gasteiger charge is -2.57. The van der Waals surface area contributed by atoms with Crippen LogP contribution in [0.15, 0.2) is 0 Å². The van der Waals surface area contributed by atoms with E-state index in [1.54, 1.807) is 0 Å². The number of hydrogen-bond donors (Lipinski definition) is 4. The molecule has 3 heterocycles. The molecule has 3 fully saturated rings. The molecule has 6 nitrogen and oxygen atoms in total. The zero-order valence-corrected chi connectivity index (χ0v) is 6.12. The highest BCUT2D eigenvalue weighted by Gasteiger charge is 2.65. The lowest BCUT2D eigenvalue weighted by atomic mass is 9.89. The van der Waals surface area contributed by atoms with Crippen molar-refractivity contribution in [2.45, 2.75) is 30.4 Å². The largest absolute Gasteiger partial charge is 0.391 e. The first-order valence-electron chi connectivity index (χ1n) is 3.61. The molecule has 0 radical (unpaired) electrons. The maximum atomic E-state index is 9.29. The van der Waals surface area contributed by atoms with Crippen LogP contribution in [0.3, 0.4) is 0 Å². The van der Waals surface area contributed by atoms with E-state index in [0.29, 0.717) is 0 Å². The van der Waals surface area contributed by atoms with E-state index in [9.17, 15) is 5.11 Å². The van der Waals surface area contributed by atoms with Gasteiger partial charge in [-0.15, -0.1) is 0 Å². The van der Waals surface area contributed by atoms with Crippen molar-refractivity contribution in [1.29, 1.82) is 0 Å². The fourth-order valence-corrected chi connectivity index (χ4v) is 1.50. The minimum atomic E-state index is -1.52. The second-order valence-electron chi connectivity index (χ2n) is 3.00. The molecular weight excluding hydrogens is 168 g/mol. The third kappa shape index (κ3) is 0.792. The second kappa shape index (κ2) is 2.38. The SMILES string of the molecule is OCC12OC([C@H]1O)[C@H](O)[C@H](O)O2. The summed E-state index contributed by atoms with van der Waals surface area (Å²) in [6, 6.07) is 0. The van der Waals surface area contributed by atoms with Gasteiger partial charge in [0.15, 0.2) is 6.29 Å². The molecule has 12 heavy (non-hydrogen) atoms. The zero-order valence-electron chi connectivity index (χ0n) is 6.12. The molecule has 0 aromatic heterocycles. The van der Waals surface area contributed by atoms with Gasteiger partial charge in [-0.25, -0.2) is 0 Å². The van der Waals surface area contributed by atoms with Gasteiger partial charge in [0.2, 0.25) is 5.79 Å². The topological polar surface area (TPSA) is 99.4 Å². The number of aliphatic hydroxyl groups is 4. The smallest absolute Gasteiger partial charge is 0.224 e. The van der Waals surface area contributed by atoms with Gasteiger partial charge < -0.3 is 29.9 Å². The predicted molar refractivity (Wildman–Crippen MR) is 33.8 cm³/mol. The third-order valence-corrected chi connectivity index (χ3v) is 2.27. The molecule has 0 aromatic carbocycles. The van der Waals surface area contributed by atoms with Gasteiger partial charge in [0.1, 0.15) is 24.9 Å². The summed E-state index contributed by atoms with van der Waals surface area (Å²) in [6.07, 6.45) is -4.60. The Kier molecular flexibility index (Phi) is 1.66. The van der Waals surface area contributed by atoms with Crippen molar-refractivity contribution in [2.75, 3.05) is 6.61 Å². The normalized spacial score (nSPS) is 58.0. The summed E-state index contributed by atoms with van der Waals surface area (Å²) >= 11 is 0. The van der Waals surface area contributed by atoms with Gasteiger partial charge in [0.05, 0.1) is 0 Å². The minimum Gasteiger partial charge on any atom is -0.391 e. The van der Waals surface area contributed by atoms with Crippen molar-refractivity contribution in [1.82, 2.24) is 0 Å². The van der Waals surface area contributed by atoms with Crippen LogP contribution in [0.1, 0.15) is 0 Å². The minimum absolute atomic E-state index is 0.547. The quantitative estimate of drug-likeness (QED) is 0.345. The summed E-state index contributed by atoms with van der Waals surface area (Å²) in [6.45, 7) is -0.547. The van der Waals surface area contributed by atoms with Crippen LogP contribution in [0.2, 0.25) is 0 Å². The molecule has 70 valence electrons. The number of hydrogen-bond acceptors (Lipinski definition) is 6. The van der Waals surface area contributed by atoms with E-state index in [1.165, 1.54) is 0 Å². The Labute approximate surface area is 68.0 Å². The van der Waals surface area contributed by atoms with Crippen LogP contribution in [0.25, 0.3) is 0 Å². The number of fused-ring (bicyclic) bond motifs is 2. The van der Waals surface area contributed by atoms with Crippen LogP contribution in [-0.4, -0.2) is 57.4 Å². The lowest BCUT2D eigenvalue weighted by Crippen LogP contribution is -2.78. The second-order valence-corrected chi connectivity index (χ2v) is 3.00. The Bertz CT molecular complexity index is 196. The Morgan fingerprint density at radius 3 is 2.33 bits per heavy atom. The average Bonchev–Trinajstić information content (AvgIpc) is 2.07. The van der Waals surface area contributed by atoms with Crippen molar-refractivity contribution >= 4 is 0 Å². The standard InChI is InChI=1S/C6H10O6/c7-1-6-4(9)3(11-6)2(8)5(10)12-6/h2-5,7-10H,1H2/t2-,3?,4+,5+,6?/m0/s1. The predicted octanol–water partition coefficient (Wildman–Crippen LogP) is -2.86. The first kappa shape index (κ1) is 8.36. The van der Waals surface area contributed by atoms with Gasteiger partial charge in [0.25, 0.3) is 0 Å². The molecule has 0 saturated carbocycles. The van der Waals surface area contributed by atoms with E-state index in [0.717, 1.165) is 0 Å². The van der Waals surface area contributed by atoms with Gasteiger partial charge in [-0.3, -0.25) is 0 Å². The zero-order chi connectivity index (χ0) is 8.93. The van der Waals surface area contributed by atoms with E-state index in [4.69, 9.17) is 24.8 Å². The summed E-state index contributed by atoms with van der Waals surface area (Å²) in [4.78, 5) is 0. The van der Waals surface area contributed by atoms with Crippen LogP contribution in [0, 0.1) is 0 Å². The Balaban J connectivity index is 2.15. The molecule has 2 unspecified atom stereocenters. The number of aliphatic hydroxyl groups excluding tert-OH is 4. The maximum absolute atomic E-state index is 9.29. The van der Waals surface area contributed by atoms with E-state index < -0.39 is 37.0 Å². The summed E-state index contributed by atoms with van der Waals surface area (Å²) in [7, 11) is 0. The number of rotatable bonds is 1. The van der Waals surface area contributed by atoms with Gasteiger partial charge in [-0.1, -0.05) is 0 Å². The van der Waals surface area contributed by atoms with E-state index >= 15 is 0 Å². The molecule has 4 N–H and O–H groups in total. The molecule has 2 bridgehead atoms. The molecule has 0 spiro atoms. The van der Waals surface area contributed by atoms with Crippen molar-refractivity contribution in [3.8, 4) is 0 Å². The van der Waals surface area contributed by atoms with Crippen LogP contribution >= 0.6 is 0 Å². The van der Waals surface area contributed by atoms with E-state index in [1.807, 2.05) is 0 Å². The average molecular weight is 178 g/mol. The highest BCUT2D eigenvalue weighted by Crippen LogP contribution is 2.42. The highest BCUT2D eigenvalue weighted by atomic mass is 16.8. The first-order valence-corrected chi connectivity index (χ1v) is 3.61. The molecule has 3 aliphatic heterocycles. The fraction of sp³-hybridized carbons (Fsp3) is 1.00. The molecular formula is C6H10O6. The van der Waals surface area contributed by atoms with Crippen molar-refractivity contribution in [3.63, 3.8) is 0 Å². The van der Waals surface area contributed by atoms with Gasteiger partial charge in [-0.2, -0.15) is 0 Å². The van der Waals surface area contributed by atoms with E-state index in [-0.39, 0.29) is 0 Å². The first-order chi connectivity index (χ1) is 5.60. The van der Waals surface area contributed by atoms with Gasteiger partial charge in [0, 0.05) is 0 Å². The Morgan fingerprint density at radius 2 is 1.83 bits per heavy atom. The summed E-state index contributed by atoms with van der Waals surface area (Å²) in [5.74, 6) is -1.52. The van der Waals surface area contributed by atoms with Crippen LogP contribution in [0.5, 0.6) is 0 Å². The molecule has 3 saturated heterocycles. The van der Waals surface area contributed by atoms with Crippen LogP contribution < -0.4 is 0 Å². The molecule has 0 amide bonds. The van der Waals surface area contributed by atoms with Crippen molar-refractivity contribution in [3.05, 3.63) is 0 Å². The highest BCUT2D eigenvalue weighted by molar-refractivity contribution is 5.04. The summed E-state index contributed by atoms with van der Waals surface area (Å²) < 4.78 is 9.57. The van der Waals surface area contributed by atoms with Gasteiger partial charge >= 0.3 is 0 Å².